The van der Waals surface area contributed by atoms with Crippen LogP contribution in [-0.4, -0.2) is 16.0 Å². The summed E-state index contributed by atoms with van der Waals surface area (Å²) in [6.45, 7) is 2.09. The van der Waals surface area contributed by atoms with E-state index in [0.29, 0.717) is 0 Å². The average molecular weight is 277 g/mol. The first kappa shape index (κ1) is 13.7. The Morgan fingerprint density at radius 2 is 1.71 bits per heavy atom. The van der Waals surface area contributed by atoms with Gasteiger partial charge in [0.25, 0.3) is 0 Å². The van der Waals surface area contributed by atoms with E-state index >= 15 is 0 Å². The number of aromatic nitrogens is 2. The van der Waals surface area contributed by atoms with Gasteiger partial charge in [0, 0.05) is 24.0 Å². The minimum atomic E-state index is 0.178. The van der Waals surface area contributed by atoms with Crippen molar-refractivity contribution in [3.05, 3.63) is 60.4 Å². The van der Waals surface area contributed by atoms with Crippen LogP contribution in [0, 0.1) is 0 Å². The van der Waals surface area contributed by atoms with Crippen LogP contribution in [-0.2, 0) is 6.42 Å². The predicted octanol–water partition coefficient (Wildman–Crippen LogP) is 3.58. The zero-order valence-electron chi connectivity index (χ0n) is 12.2. The fraction of sp³-hybridized carbons (Fsp3) is 0.222. The highest BCUT2D eigenvalue weighted by Gasteiger charge is 2.07. The van der Waals surface area contributed by atoms with Gasteiger partial charge in [0.05, 0.1) is 0 Å². The van der Waals surface area contributed by atoms with Crippen LogP contribution in [0.1, 0.15) is 18.9 Å². The van der Waals surface area contributed by atoms with E-state index in [-0.39, 0.29) is 6.04 Å². The maximum atomic E-state index is 5.97. The fourth-order valence-corrected chi connectivity index (χ4v) is 2.47. The number of rotatable bonds is 4. The molecule has 2 N–H and O–H groups in total. The molecular formula is C18H19N3. The Morgan fingerprint density at radius 3 is 2.48 bits per heavy atom. The molecule has 1 atom stereocenters. The lowest BCUT2D eigenvalue weighted by atomic mass is 10.0. The molecule has 0 aliphatic rings. The molecule has 21 heavy (non-hydrogen) atoms. The summed E-state index contributed by atoms with van der Waals surface area (Å²) in [4.78, 5) is 9.04. The summed E-state index contributed by atoms with van der Waals surface area (Å²) in [5.74, 6) is 0.764. The standard InChI is InChI=1S/C18H19N3/c1-2-15(19)10-13-11-20-18(21-12-13)17-9-5-7-14-6-3-4-8-16(14)17/h3-9,11-12,15H,2,10,19H2,1H3. The van der Waals surface area contributed by atoms with Crippen molar-refractivity contribution in [3.63, 3.8) is 0 Å². The minimum absolute atomic E-state index is 0.178. The Balaban J connectivity index is 1.96. The van der Waals surface area contributed by atoms with E-state index in [1.807, 2.05) is 30.6 Å². The molecule has 106 valence electrons. The molecule has 1 unspecified atom stereocenters. The molecule has 3 aromatic rings. The molecule has 0 saturated carbocycles. The van der Waals surface area contributed by atoms with Crippen molar-refractivity contribution in [3.8, 4) is 11.4 Å². The first-order valence-corrected chi connectivity index (χ1v) is 7.32. The Morgan fingerprint density at radius 1 is 1.00 bits per heavy atom. The topological polar surface area (TPSA) is 51.8 Å². The van der Waals surface area contributed by atoms with E-state index < -0.39 is 0 Å². The summed E-state index contributed by atoms with van der Waals surface area (Å²) in [5.41, 5.74) is 8.13. The Hall–Kier alpha value is -2.26. The van der Waals surface area contributed by atoms with Crippen molar-refractivity contribution < 1.29 is 0 Å². The highest BCUT2D eigenvalue weighted by molar-refractivity contribution is 5.94. The van der Waals surface area contributed by atoms with Gasteiger partial charge in [0.15, 0.2) is 5.82 Å². The molecule has 2 aromatic carbocycles. The lowest BCUT2D eigenvalue weighted by Gasteiger charge is -2.09. The summed E-state index contributed by atoms with van der Waals surface area (Å²) >= 11 is 0. The third kappa shape index (κ3) is 2.93. The Bertz CT molecular complexity index is 730. The summed E-state index contributed by atoms with van der Waals surface area (Å²) in [6, 6.07) is 14.7. The van der Waals surface area contributed by atoms with Crippen LogP contribution in [0.5, 0.6) is 0 Å². The fourth-order valence-electron chi connectivity index (χ4n) is 2.47. The van der Waals surface area contributed by atoms with Crippen molar-refractivity contribution in [2.75, 3.05) is 0 Å². The third-order valence-electron chi connectivity index (χ3n) is 3.76. The smallest absolute Gasteiger partial charge is 0.159 e. The van der Waals surface area contributed by atoms with Crippen molar-refractivity contribution >= 4 is 10.8 Å². The van der Waals surface area contributed by atoms with Gasteiger partial charge in [-0.25, -0.2) is 9.97 Å². The van der Waals surface area contributed by atoms with Crippen molar-refractivity contribution in [2.24, 2.45) is 5.73 Å². The molecular weight excluding hydrogens is 258 g/mol. The van der Waals surface area contributed by atoms with E-state index in [1.165, 1.54) is 10.8 Å². The molecule has 3 rings (SSSR count). The number of hydrogen-bond donors (Lipinski definition) is 1. The second kappa shape index (κ2) is 6.02. The van der Waals surface area contributed by atoms with Crippen LogP contribution in [0.4, 0.5) is 0 Å². The van der Waals surface area contributed by atoms with Gasteiger partial charge in [-0.1, -0.05) is 49.4 Å². The monoisotopic (exact) mass is 277 g/mol. The molecule has 0 bridgehead atoms. The van der Waals surface area contributed by atoms with E-state index in [4.69, 9.17) is 5.73 Å². The van der Waals surface area contributed by atoms with Crippen LogP contribution >= 0.6 is 0 Å². The zero-order chi connectivity index (χ0) is 14.7. The number of nitrogens with two attached hydrogens (primary N) is 1. The molecule has 0 aliphatic heterocycles. The normalized spacial score (nSPS) is 12.5. The van der Waals surface area contributed by atoms with Crippen LogP contribution < -0.4 is 5.73 Å². The lowest BCUT2D eigenvalue weighted by Crippen LogP contribution is -2.21. The largest absolute Gasteiger partial charge is 0.327 e. The quantitative estimate of drug-likeness (QED) is 0.793. The molecule has 3 nitrogen and oxygen atoms in total. The first-order chi connectivity index (χ1) is 10.3. The molecule has 1 aromatic heterocycles. The molecule has 0 saturated heterocycles. The average Bonchev–Trinajstić information content (AvgIpc) is 2.55. The van der Waals surface area contributed by atoms with Crippen molar-refractivity contribution in [1.82, 2.24) is 9.97 Å². The van der Waals surface area contributed by atoms with Gasteiger partial charge in [-0.3, -0.25) is 0 Å². The van der Waals surface area contributed by atoms with Crippen molar-refractivity contribution in [2.45, 2.75) is 25.8 Å². The highest BCUT2D eigenvalue weighted by atomic mass is 14.9. The molecule has 0 fully saturated rings. The maximum absolute atomic E-state index is 5.97. The summed E-state index contributed by atoms with van der Waals surface area (Å²) in [5, 5.41) is 2.38. The summed E-state index contributed by atoms with van der Waals surface area (Å²) < 4.78 is 0. The number of fused-ring (bicyclic) bond motifs is 1. The lowest BCUT2D eigenvalue weighted by molar-refractivity contribution is 0.643. The predicted molar refractivity (Wildman–Crippen MR) is 86.9 cm³/mol. The van der Waals surface area contributed by atoms with Gasteiger partial charge in [-0.2, -0.15) is 0 Å². The molecule has 0 spiro atoms. The van der Waals surface area contributed by atoms with E-state index in [9.17, 15) is 0 Å². The minimum Gasteiger partial charge on any atom is -0.327 e. The van der Waals surface area contributed by atoms with Gasteiger partial charge in [-0.05, 0) is 29.2 Å². The van der Waals surface area contributed by atoms with Gasteiger partial charge >= 0.3 is 0 Å². The number of nitrogens with zero attached hydrogens (tertiary/aromatic N) is 2. The molecule has 0 radical (unpaired) electrons. The zero-order valence-corrected chi connectivity index (χ0v) is 12.2. The second-order valence-electron chi connectivity index (χ2n) is 5.31. The SMILES string of the molecule is CCC(N)Cc1cnc(-c2cccc3ccccc23)nc1. The van der Waals surface area contributed by atoms with Gasteiger partial charge < -0.3 is 5.73 Å². The summed E-state index contributed by atoms with van der Waals surface area (Å²) in [6.07, 6.45) is 5.57. The Kier molecular flexibility index (Phi) is 3.93. The van der Waals surface area contributed by atoms with E-state index in [2.05, 4.69) is 41.2 Å². The van der Waals surface area contributed by atoms with E-state index in [1.54, 1.807) is 0 Å². The summed E-state index contributed by atoms with van der Waals surface area (Å²) in [7, 11) is 0. The first-order valence-electron chi connectivity index (χ1n) is 7.32. The van der Waals surface area contributed by atoms with Crippen molar-refractivity contribution in [1.29, 1.82) is 0 Å². The highest BCUT2D eigenvalue weighted by Crippen LogP contribution is 2.25. The Labute approximate surface area is 124 Å². The van der Waals surface area contributed by atoms with Gasteiger partial charge in [0.1, 0.15) is 0 Å². The van der Waals surface area contributed by atoms with Gasteiger partial charge in [-0.15, -0.1) is 0 Å². The molecule has 0 aliphatic carbocycles. The van der Waals surface area contributed by atoms with Crippen LogP contribution in [0.3, 0.4) is 0 Å². The molecule has 0 amide bonds. The number of benzene rings is 2. The van der Waals surface area contributed by atoms with Crippen LogP contribution in [0.25, 0.3) is 22.2 Å². The molecule has 3 heteroatoms. The van der Waals surface area contributed by atoms with E-state index in [0.717, 1.165) is 29.8 Å². The van der Waals surface area contributed by atoms with Crippen LogP contribution in [0.2, 0.25) is 0 Å². The second-order valence-corrected chi connectivity index (χ2v) is 5.31. The van der Waals surface area contributed by atoms with Crippen LogP contribution in [0.15, 0.2) is 54.9 Å². The van der Waals surface area contributed by atoms with Gasteiger partial charge in [0.2, 0.25) is 0 Å². The maximum Gasteiger partial charge on any atom is 0.159 e. The third-order valence-corrected chi connectivity index (χ3v) is 3.76. The number of hydrogen-bond acceptors (Lipinski definition) is 3. The molecule has 1 heterocycles.